The van der Waals surface area contributed by atoms with Crippen LogP contribution in [-0.4, -0.2) is 29.4 Å². The fraction of sp³-hybridized carbons (Fsp3) is 0.240. The number of amides is 2. The molecule has 0 fully saturated rings. The van der Waals surface area contributed by atoms with Crippen molar-refractivity contribution in [3.63, 3.8) is 0 Å². The third-order valence-corrected chi connectivity index (χ3v) is 6.01. The highest BCUT2D eigenvalue weighted by Crippen LogP contribution is 2.33. The Hall–Kier alpha value is -3.47. The average molecular weight is 397 g/mol. The number of hydrogen-bond acceptors (Lipinski definition) is 3. The molecule has 30 heavy (non-hydrogen) atoms. The molecule has 1 unspecified atom stereocenters. The van der Waals surface area contributed by atoms with Crippen molar-refractivity contribution in [2.75, 3.05) is 16.3 Å². The van der Waals surface area contributed by atoms with Crippen molar-refractivity contribution in [1.82, 2.24) is 4.98 Å². The lowest BCUT2D eigenvalue weighted by molar-refractivity contribution is 0.0976. The first-order chi connectivity index (χ1) is 14.6. The number of aromatic nitrogens is 1. The Morgan fingerprint density at radius 1 is 0.933 bits per heavy atom. The van der Waals surface area contributed by atoms with Gasteiger partial charge in [0.05, 0.1) is 0 Å². The molecule has 3 aromatic rings. The number of carbonyl (C=O) groups is 2. The molecule has 3 heterocycles. The molecule has 5 heteroatoms. The molecule has 1 aromatic heterocycles. The van der Waals surface area contributed by atoms with Crippen LogP contribution in [0.25, 0.3) is 0 Å². The number of nitrogens with zero attached hydrogens (tertiary/aromatic N) is 3. The zero-order valence-electron chi connectivity index (χ0n) is 16.9. The Morgan fingerprint density at radius 2 is 1.67 bits per heavy atom. The first-order valence-electron chi connectivity index (χ1n) is 10.4. The largest absolute Gasteiger partial charge is 0.308 e. The van der Waals surface area contributed by atoms with Crippen molar-refractivity contribution in [1.29, 1.82) is 0 Å². The van der Waals surface area contributed by atoms with E-state index in [1.165, 1.54) is 5.56 Å². The molecule has 2 aliphatic rings. The van der Waals surface area contributed by atoms with Crippen LogP contribution in [0.5, 0.6) is 0 Å². The Kier molecular flexibility index (Phi) is 4.58. The van der Waals surface area contributed by atoms with Crippen molar-refractivity contribution in [2.45, 2.75) is 32.2 Å². The van der Waals surface area contributed by atoms with E-state index in [1.807, 2.05) is 48.2 Å². The molecule has 0 radical (unpaired) electrons. The lowest BCUT2D eigenvalue weighted by Gasteiger charge is -2.29. The molecular formula is C25H23N3O2. The van der Waals surface area contributed by atoms with Gasteiger partial charge in [0.2, 0.25) is 0 Å². The fourth-order valence-electron chi connectivity index (χ4n) is 4.58. The number of benzene rings is 2. The van der Waals surface area contributed by atoms with E-state index in [-0.39, 0.29) is 17.9 Å². The first-order valence-corrected chi connectivity index (χ1v) is 10.4. The molecule has 2 aliphatic heterocycles. The van der Waals surface area contributed by atoms with Crippen molar-refractivity contribution < 1.29 is 9.59 Å². The maximum absolute atomic E-state index is 13.3. The number of para-hydroxylation sites is 2. The predicted octanol–water partition coefficient (Wildman–Crippen LogP) is 4.27. The van der Waals surface area contributed by atoms with Crippen LogP contribution in [0.2, 0.25) is 0 Å². The molecule has 2 amide bonds. The van der Waals surface area contributed by atoms with E-state index < -0.39 is 0 Å². The summed E-state index contributed by atoms with van der Waals surface area (Å²) >= 11 is 0. The molecule has 150 valence electrons. The van der Waals surface area contributed by atoms with Gasteiger partial charge in [0.15, 0.2) is 0 Å². The Labute approximate surface area is 176 Å². The summed E-state index contributed by atoms with van der Waals surface area (Å²) in [7, 11) is 0. The van der Waals surface area contributed by atoms with Gasteiger partial charge in [-0.1, -0.05) is 36.4 Å². The Bertz CT molecular complexity index is 1140. The minimum atomic E-state index is -0.166. The summed E-state index contributed by atoms with van der Waals surface area (Å²) < 4.78 is 0. The van der Waals surface area contributed by atoms with Crippen molar-refractivity contribution in [2.24, 2.45) is 0 Å². The van der Waals surface area contributed by atoms with E-state index >= 15 is 0 Å². The van der Waals surface area contributed by atoms with E-state index in [2.05, 4.69) is 17.1 Å². The van der Waals surface area contributed by atoms with Gasteiger partial charge < -0.3 is 9.80 Å². The van der Waals surface area contributed by atoms with Gasteiger partial charge in [-0.15, -0.1) is 0 Å². The summed E-state index contributed by atoms with van der Waals surface area (Å²) in [5.41, 5.74) is 5.03. The van der Waals surface area contributed by atoms with Gasteiger partial charge in [0, 0.05) is 35.7 Å². The SMILES string of the molecule is CC1Cc2ccccc2N1C(=O)c1cc(C(=O)N2CCCc3ccccc32)ccn1. The molecular weight excluding hydrogens is 374 g/mol. The molecule has 5 rings (SSSR count). The number of rotatable bonds is 2. The molecule has 5 nitrogen and oxygen atoms in total. The number of carbonyl (C=O) groups excluding carboxylic acids is 2. The summed E-state index contributed by atoms with van der Waals surface area (Å²) in [5, 5.41) is 0. The lowest BCUT2D eigenvalue weighted by atomic mass is 10.0. The molecule has 0 aliphatic carbocycles. The minimum absolute atomic E-state index is 0.0602. The molecule has 0 bridgehead atoms. The van der Waals surface area contributed by atoms with Crippen LogP contribution in [0.3, 0.4) is 0 Å². The summed E-state index contributed by atoms with van der Waals surface area (Å²) in [5.74, 6) is -0.255. The van der Waals surface area contributed by atoms with E-state index in [4.69, 9.17) is 0 Å². The number of aryl methyl sites for hydroxylation is 1. The molecule has 1 atom stereocenters. The van der Waals surface area contributed by atoms with Crippen LogP contribution in [0.4, 0.5) is 11.4 Å². The Morgan fingerprint density at radius 3 is 2.50 bits per heavy atom. The highest BCUT2D eigenvalue weighted by atomic mass is 16.2. The summed E-state index contributed by atoms with van der Waals surface area (Å²) in [6.45, 7) is 2.72. The molecule has 0 saturated heterocycles. The fourth-order valence-corrected chi connectivity index (χ4v) is 4.58. The predicted molar refractivity (Wildman–Crippen MR) is 117 cm³/mol. The van der Waals surface area contributed by atoms with Gasteiger partial charge in [-0.25, -0.2) is 0 Å². The average Bonchev–Trinajstić information content (AvgIpc) is 3.13. The van der Waals surface area contributed by atoms with Gasteiger partial charge in [0.1, 0.15) is 5.69 Å². The second-order valence-electron chi connectivity index (χ2n) is 7.98. The lowest BCUT2D eigenvalue weighted by Crippen LogP contribution is -2.37. The van der Waals surface area contributed by atoms with Crippen LogP contribution >= 0.6 is 0 Å². The quantitative estimate of drug-likeness (QED) is 0.649. The van der Waals surface area contributed by atoms with Gasteiger partial charge in [-0.05, 0) is 61.6 Å². The maximum atomic E-state index is 13.3. The van der Waals surface area contributed by atoms with Crippen molar-refractivity contribution in [3.05, 3.63) is 89.2 Å². The zero-order valence-corrected chi connectivity index (χ0v) is 16.9. The van der Waals surface area contributed by atoms with Crippen LogP contribution in [0.1, 0.15) is 45.3 Å². The minimum Gasteiger partial charge on any atom is -0.308 e. The van der Waals surface area contributed by atoms with Crippen LogP contribution in [0.15, 0.2) is 66.9 Å². The normalized spacial score (nSPS) is 17.4. The molecule has 0 spiro atoms. The van der Waals surface area contributed by atoms with Crippen LogP contribution < -0.4 is 9.80 Å². The number of anilines is 2. The number of fused-ring (bicyclic) bond motifs is 2. The molecule has 0 saturated carbocycles. The highest BCUT2D eigenvalue weighted by molar-refractivity contribution is 6.10. The summed E-state index contributed by atoms with van der Waals surface area (Å²) in [4.78, 5) is 34.5. The van der Waals surface area contributed by atoms with Crippen LogP contribution in [0, 0.1) is 0 Å². The Balaban J connectivity index is 1.46. The monoisotopic (exact) mass is 397 g/mol. The van der Waals surface area contributed by atoms with Gasteiger partial charge in [0.25, 0.3) is 11.8 Å². The zero-order chi connectivity index (χ0) is 20.7. The van der Waals surface area contributed by atoms with Gasteiger partial charge in [-0.3, -0.25) is 14.6 Å². The summed E-state index contributed by atoms with van der Waals surface area (Å²) in [6.07, 6.45) is 4.29. The number of hydrogen-bond donors (Lipinski definition) is 0. The van der Waals surface area contributed by atoms with Crippen molar-refractivity contribution >= 4 is 23.2 Å². The van der Waals surface area contributed by atoms with E-state index in [9.17, 15) is 9.59 Å². The number of pyridine rings is 1. The second kappa shape index (κ2) is 7.41. The third-order valence-electron chi connectivity index (χ3n) is 6.01. The molecule has 2 aromatic carbocycles. The molecule has 0 N–H and O–H groups in total. The first kappa shape index (κ1) is 18.6. The van der Waals surface area contributed by atoms with Crippen LogP contribution in [-0.2, 0) is 12.8 Å². The standard InChI is InChI=1S/C25H23N3O2/c1-17-15-19-8-3-5-11-23(19)28(17)25(30)21-16-20(12-13-26-21)24(29)27-14-6-9-18-7-2-4-10-22(18)27/h2-5,7-8,10-13,16-17H,6,9,14-15H2,1H3. The van der Waals surface area contributed by atoms with Crippen molar-refractivity contribution in [3.8, 4) is 0 Å². The third kappa shape index (κ3) is 3.07. The maximum Gasteiger partial charge on any atom is 0.277 e. The van der Waals surface area contributed by atoms with E-state index in [0.717, 1.165) is 36.2 Å². The smallest absolute Gasteiger partial charge is 0.277 e. The topological polar surface area (TPSA) is 53.5 Å². The summed E-state index contributed by atoms with van der Waals surface area (Å²) in [6, 6.07) is 19.4. The second-order valence-corrected chi connectivity index (χ2v) is 7.98. The van der Waals surface area contributed by atoms with E-state index in [1.54, 1.807) is 23.2 Å². The van der Waals surface area contributed by atoms with Gasteiger partial charge in [-0.2, -0.15) is 0 Å². The van der Waals surface area contributed by atoms with Gasteiger partial charge >= 0.3 is 0 Å². The van der Waals surface area contributed by atoms with E-state index in [0.29, 0.717) is 17.8 Å². The highest BCUT2D eigenvalue weighted by Gasteiger charge is 2.32.